The van der Waals surface area contributed by atoms with E-state index in [1.807, 2.05) is 6.92 Å². The fourth-order valence-corrected chi connectivity index (χ4v) is 3.28. The van der Waals surface area contributed by atoms with Crippen molar-refractivity contribution < 1.29 is 0 Å². The van der Waals surface area contributed by atoms with E-state index in [0.29, 0.717) is 0 Å². The van der Waals surface area contributed by atoms with Crippen LogP contribution in [0.25, 0.3) is 0 Å². The third-order valence-electron chi connectivity index (χ3n) is 2.65. The van der Waals surface area contributed by atoms with Crippen LogP contribution in [0.3, 0.4) is 0 Å². The molecule has 5 heteroatoms. The van der Waals surface area contributed by atoms with Gasteiger partial charge in [-0.25, -0.2) is 0 Å². The highest BCUT2D eigenvalue weighted by Gasteiger charge is 2.28. The predicted octanol–water partition coefficient (Wildman–Crippen LogP) is 2.76. The second-order valence-corrected chi connectivity index (χ2v) is 6.44. The monoisotopic (exact) mass is 245 g/mol. The van der Waals surface area contributed by atoms with Crippen LogP contribution in [0.4, 0.5) is 0 Å². The van der Waals surface area contributed by atoms with Gasteiger partial charge in [0, 0.05) is 5.75 Å². The van der Waals surface area contributed by atoms with Crippen LogP contribution < -0.4 is 5.73 Å². The van der Waals surface area contributed by atoms with Gasteiger partial charge in [-0.3, -0.25) is 10.8 Å². The normalized spacial score (nSPS) is 24.6. The smallest absolute Gasteiger partial charge is 0.151 e. The van der Waals surface area contributed by atoms with Crippen LogP contribution in [-0.2, 0) is 0 Å². The van der Waals surface area contributed by atoms with Crippen molar-refractivity contribution in [3.05, 3.63) is 0 Å². The van der Waals surface area contributed by atoms with Gasteiger partial charge in [0.05, 0.1) is 5.04 Å². The van der Waals surface area contributed by atoms with Crippen LogP contribution in [0.2, 0.25) is 0 Å². The Hall–Kier alpha value is -0.160. The Kier molecular flexibility index (Phi) is 5.53. The van der Waals surface area contributed by atoms with Crippen LogP contribution in [0.5, 0.6) is 0 Å². The summed E-state index contributed by atoms with van der Waals surface area (Å²) in [6.07, 6.45) is 3.82. The Morgan fingerprint density at radius 3 is 2.47 bits per heavy atom. The lowest BCUT2D eigenvalue weighted by Crippen LogP contribution is -2.27. The van der Waals surface area contributed by atoms with Gasteiger partial charge in [-0.05, 0) is 43.8 Å². The van der Waals surface area contributed by atoms with Gasteiger partial charge in [0.15, 0.2) is 5.17 Å². The molecule has 3 nitrogen and oxygen atoms in total. The van der Waals surface area contributed by atoms with E-state index in [-0.39, 0.29) is 5.17 Å². The molecule has 0 amide bonds. The summed E-state index contributed by atoms with van der Waals surface area (Å²) in [5.74, 6) is 3.74. The number of hydrogen-bond acceptors (Lipinski definition) is 4. The summed E-state index contributed by atoms with van der Waals surface area (Å²) in [7, 11) is 0. The maximum absolute atomic E-state index is 7.29. The summed E-state index contributed by atoms with van der Waals surface area (Å²) in [5, 5.41) is 15.4. The minimum Gasteiger partial charge on any atom is -0.379 e. The zero-order valence-electron chi connectivity index (χ0n) is 9.08. The molecule has 1 aliphatic rings. The highest BCUT2D eigenvalue weighted by atomic mass is 32.2. The average molecular weight is 245 g/mol. The van der Waals surface area contributed by atoms with Crippen molar-refractivity contribution in [1.29, 1.82) is 10.8 Å². The summed E-state index contributed by atoms with van der Waals surface area (Å²) in [6, 6.07) is 0. The van der Waals surface area contributed by atoms with E-state index in [0.717, 1.165) is 28.4 Å². The molecule has 0 aromatic rings. The number of hydrogen-bond donors (Lipinski definition) is 3. The van der Waals surface area contributed by atoms with Gasteiger partial charge in [0.2, 0.25) is 0 Å². The van der Waals surface area contributed by atoms with Gasteiger partial charge < -0.3 is 5.73 Å². The standard InChI is InChI=1S/C10H19N3S2/c1-7(11)14-3-2-8-4-9(5-8)6-15-10(12)13/h8-9,11H,2-6H2,1H3,(H3,12,13). The van der Waals surface area contributed by atoms with Crippen LogP contribution in [0.15, 0.2) is 0 Å². The molecule has 0 aliphatic heterocycles. The second-order valence-electron chi connectivity index (χ2n) is 4.07. The highest BCUT2D eigenvalue weighted by Crippen LogP contribution is 2.38. The topological polar surface area (TPSA) is 73.7 Å². The fourth-order valence-electron chi connectivity index (χ4n) is 1.83. The van der Waals surface area contributed by atoms with Crippen LogP contribution >= 0.6 is 23.5 Å². The number of nitrogens with two attached hydrogens (primary N) is 1. The average Bonchev–Trinajstić information content (AvgIpc) is 2.06. The van der Waals surface area contributed by atoms with Crippen molar-refractivity contribution in [2.75, 3.05) is 11.5 Å². The SMILES string of the molecule is CC(=N)SCCC1CC(CSC(=N)N)C1. The Labute approximate surface area is 100.0 Å². The Balaban J connectivity index is 1.95. The van der Waals surface area contributed by atoms with Crippen LogP contribution in [-0.4, -0.2) is 21.7 Å². The molecule has 0 aromatic heterocycles. The van der Waals surface area contributed by atoms with Gasteiger partial charge >= 0.3 is 0 Å². The maximum Gasteiger partial charge on any atom is 0.151 e. The van der Waals surface area contributed by atoms with E-state index in [2.05, 4.69) is 0 Å². The molecular weight excluding hydrogens is 226 g/mol. The molecule has 0 spiro atoms. The fraction of sp³-hybridized carbons (Fsp3) is 0.800. The Bertz CT molecular complexity index is 237. The molecule has 15 heavy (non-hydrogen) atoms. The zero-order chi connectivity index (χ0) is 11.3. The van der Waals surface area contributed by atoms with Crippen molar-refractivity contribution in [2.45, 2.75) is 26.2 Å². The molecule has 0 radical (unpaired) electrons. The molecule has 1 rings (SSSR count). The number of rotatable bonds is 5. The molecule has 0 atom stereocenters. The minimum absolute atomic E-state index is 0.244. The third kappa shape index (κ3) is 5.47. The van der Waals surface area contributed by atoms with Gasteiger partial charge in [-0.1, -0.05) is 11.8 Å². The van der Waals surface area contributed by atoms with E-state index in [4.69, 9.17) is 16.6 Å². The second kappa shape index (κ2) is 6.43. The van der Waals surface area contributed by atoms with E-state index < -0.39 is 0 Å². The van der Waals surface area contributed by atoms with E-state index >= 15 is 0 Å². The highest BCUT2D eigenvalue weighted by molar-refractivity contribution is 8.13. The first-order valence-electron chi connectivity index (χ1n) is 5.22. The summed E-state index contributed by atoms with van der Waals surface area (Å²) in [4.78, 5) is 0. The third-order valence-corrected chi connectivity index (χ3v) is 4.47. The lowest BCUT2D eigenvalue weighted by Gasteiger charge is -2.35. The van der Waals surface area contributed by atoms with Crippen LogP contribution in [0.1, 0.15) is 26.2 Å². The van der Waals surface area contributed by atoms with Gasteiger partial charge in [0.25, 0.3) is 0 Å². The maximum atomic E-state index is 7.29. The van der Waals surface area contributed by atoms with E-state index in [9.17, 15) is 0 Å². The van der Waals surface area contributed by atoms with Crippen molar-refractivity contribution >= 4 is 33.7 Å². The molecule has 86 valence electrons. The van der Waals surface area contributed by atoms with E-state index in [1.54, 1.807) is 11.8 Å². The van der Waals surface area contributed by atoms with Gasteiger partial charge in [0.1, 0.15) is 0 Å². The molecule has 1 fully saturated rings. The number of amidine groups is 1. The number of thioether (sulfide) groups is 2. The van der Waals surface area contributed by atoms with Crippen molar-refractivity contribution in [3.8, 4) is 0 Å². The first-order valence-corrected chi connectivity index (χ1v) is 7.19. The molecule has 0 unspecified atom stereocenters. The van der Waals surface area contributed by atoms with Gasteiger partial charge in [-0.15, -0.1) is 11.8 Å². The Morgan fingerprint density at radius 1 is 1.27 bits per heavy atom. The van der Waals surface area contributed by atoms with Crippen molar-refractivity contribution in [3.63, 3.8) is 0 Å². The summed E-state index contributed by atoms with van der Waals surface area (Å²) < 4.78 is 0. The molecule has 0 heterocycles. The van der Waals surface area contributed by atoms with Gasteiger partial charge in [-0.2, -0.15) is 0 Å². The molecule has 0 aromatic carbocycles. The minimum atomic E-state index is 0.244. The zero-order valence-corrected chi connectivity index (χ0v) is 10.7. The first kappa shape index (κ1) is 12.9. The molecule has 1 saturated carbocycles. The molecule has 1 aliphatic carbocycles. The largest absolute Gasteiger partial charge is 0.379 e. The first-order chi connectivity index (χ1) is 7.08. The lowest BCUT2D eigenvalue weighted by atomic mass is 9.75. The van der Waals surface area contributed by atoms with Crippen LogP contribution in [0, 0.1) is 22.7 Å². The van der Waals surface area contributed by atoms with E-state index in [1.165, 1.54) is 31.0 Å². The molecular formula is C10H19N3S2. The predicted molar refractivity (Wildman–Crippen MR) is 71.1 cm³/mol. The molecule has 4 N–H and O–H groups in total. The van der Waals surface area contributed by atoms with Crippen molar-refractivity contribution in [1.82, 2.24) is 0 Å². The van der Waals surface area contributed by atoms with Crippen molar-refractivity contribution in [2.24, 2.45) is 17.6 Å². The molecule has 0 bridgehead atoms. The summed E-state index contributed by atoms with van der Waals surface area (Å²) in [5.41, 5.74) is 5.29. The lowest BCUT2D eigenvalue weighted by molar-refractivity contribution is 0.212. The molecule has 0 saturated heterocycles. The quantitative estimate of drug-likeness (QED) is 0.515. The summed E-state index contributed by atoms with van der Waals surface area (Å²) in [6.45, 7) is 1.84. The number of nitrogens with one attached hydrogen (secondary N) is 2. The summed E-state index contributed by atoms with van der Waals surface area (Å²) >= 11 is 3.12. The Morgan fingerprint density at radius 2 is 1.93 bits per heavy atom.